The Hall–Kier alpha value is -1.63. The summed E-state index contributed by atoms with van der Waals surface area (Å²) in [5, 5.41) is 8.26. The Labute approximate surface area is 70.4 Å². The third-order valence-corrected chi connectivity index (χ3v) is 1.57. The first kappa shape index (κ1) is 8.47. The Bertz CT molecular complexity index is 321. The lowest BCUT2D eigenvalue weighted by Gasteiger charge is -1.97. The molecule has 0 fully saturated rings. The average molecular weight is 163 g/mol. The number of hydrogen-bond donors (Lipinski definition) is 0. The second kappa shape index (κ2) is 3.67. The smallest absolute Gasteiger partial charge is 0.181 e. The summed E-state index contributed by atoms with van der Waals surface area (Å²) in [4.78, 5) is 15.1. The van der Waals surface area contributed by atoms with Crippen LogP contribution in [0.5, 0.6) is 0 Å². The number of carbonyl (C=O) groups excluding carboxylic acids is 1. The molecule has 0 radical (unpaired) electrons. The molecule has 0 amide bonds. The quantitative estimate of drug-likeness (QED) is 0.622. The number of nitrogens with zero attached hydrogens (tertiary/aromatic N) is 3. The number of hydrogen-bond acceptors (Lipinski definition) is 3. The van der Waals surface area contributed by atoms with Crippen LogP contribution in [0.1, 0.15) is 23.3 Å². The Morgan fingerprint density at radius 3 is 3.08 bits per heavy atom. The monoisotopic (exact) mass is 163 g/mol. The highest BCUT2D eigenvalue weighted by Crippen LogP contribution is 2.02. The lowest BCUT2D eigenvalue weighted by atomic mass is 10.2. The van der Waals surface area contributed by atoms with Gasteiger partial charge in [-0.1, -0.05) is 0 Å². The van der Waals surface area contributed by atoms with Gasteiger partial charge in [0.05, 0.1) is 18.6 Å². The van der Waals surface area contributed by atoms with Gasteiger partial charge in [-0.25, -0.2) is 4.98 Å². The van der Waals surface area contributed by atoms with Crippen molar-refractivity contribution < 1.29 is 4.79 Å². The molecule has 1 aromatic rings. The van der Waals surface area contributed by atoms with Crippen molar-refractivity contribution in [2.45, 2.75) is 12.8 Å². The van der Waals surface area contributed by atoms with Crippen LogP contribution in [0.4, 0.5) is 0 Å². The molecule has 4 nitrogen and oxygen atoms in total. The zero-order valence-corrected chi connectivity index (χ0v) is 6.82. The van der Waals surface area contributed by atoms with Gasteiger partial charge in [0, 0.05) is 19.9 Å². The second-order valence-corrected chi connectivity index (χ2v) is 2.47. The maximum atomic E-state index is 11.3. The van der Waals surface area contributed by atoms with Crippen LogP contribution in [0.15, 0.2) is 12.5 Å². The summed E-state index contributed by atoms with van der Waals surface area (Å²) < 4.78 is 1.65. The van der Waals surface area contributed by atoms with Crippen molar-refractivity contribution in [2.75, 3.05) is 0 Å². The molecule has 0 aliphatic heterocycles. The van der Waals surface area contributed by atoms with Crippen LogP contribution in [0, 0.1) is 11.3 Å². The molecular weight excluding hydrogens is 154 g/mol. The standard InChI is InChI=1S/C8H9N3O/c1-11-6-10-5-7(11)8(12)3-2-4-9/h5-6H,2-3H2,1H3. The van der Waals surface area contributed by atoms with Crippen molar-refractivity contribution in [2.24, 2.45) is 7.05 Å². The van der Waals surface area contributed by atoms with Crippen LogP contribution < -0.4 is 0 Å². The van der Waals surface area contributed by atoms with Crippen LogP contribution in [0.3, 0.4) is 0 Å². The van der Waals surface area contributed by atoms with Crippen molar-refractivity contribution >= 4 is 5.78 Å². The molecule has 0 aliphatic carbocycles. The summed E-state index contributed by atoms with van der Waals surface area (Å²) in [5.74, 6) is -0.0310. The third-order valence-electron chi connectivity index (χ3n) is 1.57. The molecule has 0 aliphatic rings. The molecule has 0 bridgehead atoms. The van der Waals surface area contributed by atoms with Crippen molar-refractivity contribution in [1.82, 2.24) is 9.55 Å². The fourth-order valence-corrected chi connectivity index (χ4v) is 0.923. The molecule has 1 rings (SSSR count). The van der Waals surface area contributed by atoms with Crippen LogP contribution in [-0.4, -0.2) is 15.3 Å². The Morgan fingerprint density at radius 2 is 2.58 bits per heavy atom. The first-order valence-electron chi connectivity index (χ1n) is 3.62. The van der Waals surface area contributed by atoms with Crippen LogP contribution in [-0.2, 0) is 7.05 Å². The van der Waals surface area contributed by atoms with Crippen LogP contribution in [0.2, 0.25) is 0 Å². The molecule has 0 atom stereocenters. The van der Waals surface area contributed by atoms with Crippen molar-refractivity contribution in [3.8, 4) is 6.07 Å². The van der Waals surface area contributed by atoms with Gasteiger partial charge in [0.15, 0.2) is 5.78 Å². The first-order chi connectivity index (χ1) is 5.75. The van der Waals surface area contributed by atoms with E-state index in [9.17, 15) is 4.79 Å². The minimum absolute atomic E-state index is 0.0310. The van der Waals surface area contributed by atoms with E-state index in [-0.39, 0.29) is 18.6 Å². The van der Waals surface area contributed by atoms with Gasteiger partial charge in [-0.3, -0.25) is 4.79 Å². The molecule has 4 heteroatoms. The molecule has 0 saturated heterocycles. The SMILES string of the molecule is Cn1cncc1C(=O)CCC#N. The lowest BCUT2D eigenvalue weighted by molar-refractivity contribution is 0.0976. The van der Waals surface area contributed by atoms with E-state index >= 15 is 0 Å². The molecule has 0 N–H and O–H groups in total. The number of aryl methyl sites for hydroxylation is 1. The zero-order chi connectivity index (χ0) is 8.97. The van der Waals surface area contributed by atoms with Crippen molar-refractivity contribution in [3.63, 3.8) is 0 Å². The molecular formula is C8H9N3O. The topological polar surface area (TPSA) is 58.7 Å². The van der Waals surface area contributed by atoms with E-state index in [0.29, 0.717) is 5.69 Å². The van der Waals surface area contributed by atoms with Gasteiger partial charge in [0.2, 0.25) is 0 Å². The van der Waals surface area contributed by atoms with Crippen molar-refractivity contribution in [1.29, 1.82) is 5.26 Å². The van der Waals surface area contributed by atoms with Crippen molar-refractivity contribution in [3.05, 3.63) is 18.2 Å². The summed E-state index contributed by atoms with van der Waals surface area (Å²) in [6.45, 7) is 0. The average Bonchev–Trinajstić information content (AvgIpc) is 2.47. The lowest BCUT2D eigenvalue weighted by Crippen LogP contribution is -2.04. The molecule has 12 heavy (non-hydrogen) atoms. The van der Waals surface area contributed by atoms with Gasteiger partial charge in [-0.15, -0.1) is 0 Å². The summed E-state index contributed by atoms with van der Waals surface area (Å²) in [6.07, 6.45) is 3.62. The minimum atomic E-state index is -0.0310. The molecule has 62 valence electrons. The molecule has 0 aromatic carbocycles. The highest BCUT2D eigenvalue weighted by Gasteiger charge is 2.08. The Morgan fingerprint density at radius 1 is 1.83 bits per heavy atom. The van der Waals surface area contributed by atoms with Gasteiger partial charge in [-0.2, -0.15) is 5.26 Å². The third kappa shape index (κ3) is 1.70. The number of carbonyl (C=O) groups is 1. The van der Waals surface area contributed by atoms with E-state index in [1.165, 1.54) is 6.20 Å². The Kier molecular flexibility index (Phi) is 2.59. The molecule has 1 heterocycles. The van der Waals surface area contributed by atoms with Crippen LogP contribution in [0.25, 0.3) is 0 Å². The van der Waals surface area contributed by atoms with E-state index in [1.807, 2.05) is 6.07 Å². The molecule has 0 unspecified atom stereocenters. The van der Waals surface area contributed by atoms with Gasteiger partial charge in [-0.05, 0) is 0 Å². The number of Topliss-reactive ketones (excluding diaryl/α,β-unsaturated/α-hetero) is 1. The van der Waals surface area contributed by atoms with Gasteiger partial charge in [0.1, 0.15) is 5.69 Å². The summed E-state index contributed by atoms with van der Waals surface area (Å²) in [7, 11) is 1.76. The summed E-state index contributed by atoms with van der Waals surface area (Å²) in [5.41, 5.74) is 0.560. The summed E-state index contributed by atoms with van der Waals surface area (Å²) in [6, 6.07) is 1.93. The molecule has 0 spiro atoms. The Balaban J connectivity index is 2.67. The van der Waals surface area contributed by atoms with E-state index in [4.69, 9.17) is 5.26 Å². The number of ketones is 1. The number of nitriles is 1. The molecule has 0 saturated carbocycles. The number of aromatic nitrogens is 2. The second-order valence-electron chi connectivity index (χ2n) is 2.47. The normalized spacial score (nSPS) is 9.33. The van der Waals surface area contributed by atoms with Crippen LogP contribution >= 0.6 is 0 Å². The van der Waals surface area contributed by atoms with E-state index in [1.54, 1.807) is 17.9 Å². The maximum Gasteiger partial charge on any atom is 0.181 e. The highest BCUT2D eigenvalue weighted by atomic mass is 16.1. The fraction of sp³-hybridized carbons (Fsp3) is 0.375. The van der Waals surface area contributed by atoms with E-state index < -0.39 is 0 Å². The van der Waals surface area contributed by atoms with Gasteiger partial charge >= 0.3 is 0 Å². The molecule has 1 aromatic heterocycles. The zero-order valence-electron chi connectivity index (χ0n) is 6.82. The van der Waals surface area contributed by atoms with Gasteiger partial charge in [0.25, 0.3) is 0 Å². The predicted octanol–water partition coefficient (Wildman–Crippen LogP) is 0.907. The largest absolute Gasteiger partial charge is 0.331 e. The number of rotatable bonds is 3. The van der Waals surface area contributed by atoms with E-state index in [2.05, 4.69) is 4.98 Å². The van der Waals surface area contributed by atoms with E-state index in [0.717, 1.165) is 0 Å². The predicted molar refractivity (Wildman–Crippen MR) is 42.4 cm³/mol. The number of imidazole rings is 1. The highest BCUT2D eigenvalue weighted by molar-refractivity contribution is 5.94. The fourth-order valence-electron chi connectivity index (χ4n) is 0.923. The maximum absolute atomic E-state index is 11.3. The van der Waals surface area contributed by atoms with Gasteiger partial charge < -0.3 is 4.57 Å². The minimum Gasteiger partial charge on any atom is -0.331 e. The first-order valence-corrected chi connectivity index (χ1v) is 3.62. The summed E-state index contributed by atoms with van der Waals surface area (Å²) >= 11 is 0.